The third-order valence-electron chi connectivity index (χ3n) is 6.16. The standard InChI is InChI=1S/C28H25Cl2N5O5/c1-15(28(38)39)31-14-16-10-11-21(34-26(16)40-3)19-8-4-6-17(23(19)29)18-7-5-9-22(24(18)30)33-25(36)20-12-13-32-35(2)27(20)37/h4-13,15,31H,14H2,1-3H3,(H,33,36)(H,38,39). The summed E-state index contributed by atoms with van der Waals surface area (Å²) in [7, 11) is 2.94. The normalized spacial score (nSPS) is 11.6. The summed E-state index contributed by atoms with van der Waals surface area (Å²) in [6.45, 7) is 1.80. The van der Waals surface area contributed by atoms with E-state index in [1.54, 1.807) is 55.5 Å². The van der Waals surface area contributed by atoms with E-state index in [0.717, 1.165) is 4.68 Å². The number of carbonyl (C=O) groups excluding carboxylic acids is 1. The van der Waals surface area contributed by atoms with Crippen LogP contribution in [0.15, 0.2) is 65.6 Å². The number of nitrogens with one attached hydrogen (secondary N) is 2. The number of halogens is 2. The van der Waals surface area contributed by atoms with Crippen molar-refractivity contribution in [1.82, 2.24) is 20.1 Å². The summed E-state index contributed by atoms with van der Waals surface area (Å²) in [4.78, 5) is 40.8. The summed E-state index contributed by atoms with van der Waals surface area (Å²) in [5.74, 6) is -1.25. The first-order valence-corrected chi connectivity index (χ1v) is 12.8. The smallest absolute Gasteiger partial charge is 0.320 e. The Labute approximate surface area is 239 Å². The SMILES string of the molecule is COc1nc(-c2cccc(-c3cccc(NC(=O)c4ccnn(C)c4=O)c3Cl)c2Cl)ccc1CNC(C)C(=O)O. The molecule has 206 valence electrons. The van der Waals surface area contributed by atoms with Crippen LogP contribution < -0.4 is 20.9 Å². The largest absolute Gasteiger partial charge is 0.481 e. The second-order valence-corrected chi connectivity index (χ2v) is 9.52. The minimum atomic E-state index is -0.962. The molecule has 1 amide bonds. The fourth-order valence-corrected chi connectivity index (χ4v) is 4.52. The molecular weight excluding hydrogens is 557 g/mol. The minimum Gasteiger partial charge on any atom is -0.481 e. The van der Waals surface area contributed by atoms with Crippen molar-refractivity contribution in [2.45, 2.75) is 19.5 Å². The van der Waals surface area contributed by atoms with Crippen LogP contribution in [0.4, 0.5) is 5.69 Å². The first-order valence-electron chi connectivity index (χ1n) is 12.0. The summed E-state index contributed by atoms with van der Waals surface area (Å²) >= 11 is 13.6. The molecule has 40 heavy (non-hydrogen) atoms. The number of nitrogens with zero attached hydrogens (tertiary/aromatic N) is 3. The maximum Gasteiger partial charge on any atom is 0.320 e. The summed E-state index contributed by atoms with van der Waals surface area (Å²) in [5.41, 5.74) is 2.68. The predicted octanol–water partition coefficient (Wildman–Crippen LogP) is 4.64. The number of aliphatic carboxylic acids is 1. The van der Waals surface area contributed by atoms with Gasteiger partial charge in [0.1, 0.15) is 11.6 Å². The second-order valence-electron chi connectivity index (χ2n) is 8.77. The third kappa shape index (κ3) is 5.99. The van der Waals surface area contributed by atoms with Crippen molar-refractivity contribution in [3.05, 3.63) is 92.3 Å². The van der Waals surface area contributed by atoms with Crippen molar-refractivity contribution >= 4 is 40.8 Å². The number of anilines is 1. The monoisotopic (exact) mass is 581 g/mol. The number of hydrogen-bond donors (Lipinski definition) is 3. The van der Waals surface area contributed by atoms with Gasteiger partial charge in [-0.2, -0.15) is 5.10 Å². The fraction of sp³-hybridized carbons (Fsp3) is 0.179. The van der Waals surface area contributed by atoms with Crippen LogP contribution in [-0.2, 0) is 18.4 Å². The van der Waals surface area contributed by atoms with E-state index < -0.39 is 23.5 Å². The van der Waals surface area contributed by atoms with Gasteiger partial charge in [0.2, 0.25) is 5.88 Å². The number of ether oxygens (including phenoxy) is 1. The average molecular weight is 582 g/mol. The molecule has 0 saturated heterocycles. The molecular formula is C28H25Cl2N5O5. The van der Waals surface area contributed by atoms with Crippen molar-refractivity contribution in [3.63, 3.8) is 0 Å². The van der Waals surface area contributed by atoms with Crippen LogP contribution in [0, 0.1) is 0 Å². The Morgan fingerprint density at radius 2 is 1.70 bits per heavy atom. The molecule has 2 aromatic carbocycles. The van der Waals surface area contributed by atoms with Gasteiger partial charge in [-0.3, -0.25) is 14.4 Å². The molecule has 0 fully saturated rings. The Hall–Kier alpha value is -4.25. The summed E-state index contributed by atoms with van der Waals surface area (Å²) in [5, 5.41) is 19.1. The fourth-order valence-electron chi connectivity index (χ4n) is 3.92. The van der Waals surface area contributed by atoms with Crippen molar-refractivity contribution in [2.24, 2.45) is 7.05 Å². The lowest BCUT2D eigenvalue weighted by molar-refractivity contribution is -0.139. The number of carbonyl (C=O) groups is 2. The number of benzene rings is 2. The first kappa shape index (κ1) is 28.8. The van der Waals surface area contributed by atoms with E-state index in [1.807, 2.05) is 0 Å². The van der Waals surface area contributed by atoms with Gasteiger partial charge in [0.05, 0.1) is 28.5 Å². The minimum absolute atomic E-state index is 0.0740. The molecule has 0 radical (unpaired) electrons. The lowest BCUT2D eigenvalue weighted by atomic mass is 10.00. The molecule has 12 heteroatoms. The molecule has 0 saturated carbocycles. The van der Waals surface area contributed by atoms with Crippen LogP contribution in [0.2, 0.25) is 10.0 Å². The number of methoxy groups -OCH3 is 1. The zero-order valence-electron chi connectivity index (χ0n) is 21.7. The van der Waals surface area contributed by atoms with Gasteiger partial charge in [0.15, 0.2) is 0 Å². The number of aromatic nitrogens is 3. The van der Waals surface area contributed by atoms with Gasteiger partial charge < -0.3 is 20.5 Å². The van der Waals surface area contributed by atoms with Crippen LogP contribution >= 0.6 is 23.2 Å². The van der Waals surface area contributed by atoms with E-state index in [4.69, 9.17) is 33.0 Å². The van der Waals surface area contributed by atoms with Gasteiger partial charge >= 0.3 is 5.97 Å². The lowest BCUT2D eigenvalue weighted by Gasteiger charge is -2.15. The molecule has 0 aliphatic heterocycles. The maximum absolute atomic E-state index is 12.8. The van der Waals surface area contributed by atoms with Crippen molar-refractivity contribution in [3.8, 4) is 28.3 Å². The molecule has 0 aliphatic carbocycles. The number of hydrogen-bond acceptors (Lipinski definition) is 7. The molecule has 4 aromatic rings. The van der Waals surface area contributed by atoms with E-state index in [0.29, 0.717) is 44.5 Å². The van der Waals surface area contributed by atoms with Gasteiger partial charge in [-0.15, -0.1) is 0 Å². The Kier molecular flexibility index (Phi) is 8.83. The van der Waals surface area contributed by atoms with E-state index in [-0.39, 0.29) is 17.1 Å². The summed E-state index contributed by atoms with van der Waals surface area (Å²) in [6.07, 6.45) is 1.36. The molecule has 0 bridgehead atoms. The van der Waals surface area contributed by atoms with E-state index in [1.165, 1.54) is 26.4 Å². The highest BCUT2D eigenvalue weighted by Crippen LogP contribution is 2.41. The molecule has 10 nitrogen and oxygen atoms in total. The number of carboxylic acids is 1. The topological polar surface area (TPSA) is 135 Å². The van der Waals surface area contributed by atoms with Gasteiger partial charge in [-0.25, -0.2) is 9.67 Å². The molecule has 0 aliphatic rings. The van der Waals surface area contributed by atoms with E-state index in [9.17, 15) is 14.4 Å². The number of amides is 1. The zero-order valence-corrected chi connectivity index (χ0v) is 23.2. The van der Waals surface area contributed by atoms with Crippen molar-refractivity contribution in [2.75, 3.05) is 12.4 Å². The van der Waals surface area contributed by atoms with Crippen LogP contribution in [0.1, 0.15) is 22.8 Å². The average Bonchev–Trinajstić information content (AvgIpc) is 2.94. The van der Waals surface area contributed by atoms with E-state index in [2.05, 4.69) is 20.7 Å². The van der Waals surface area contributed by atoms with Gasteiger partial charge in [0.25, 0.3) is 11.5 Å². The molecule has 2 heterocycles. The van der Waals surface area contributed by atoms with Crippen LogP contribution in [0.5, 0.6) is 5.88 Å². The van der Waals surface area contributed by atoms with Crippen LogP contribution in [-0.4, -0.2) is 44.9 Å². The number of carboxylic acid groups (broad SMARTS) is 1. The zero-order chi connectivity index (χ0) is 29.0. The Bertz CT molecular complexity index is 1660. The number of rotatable bonds is 9. The molecule has 3 N–H and O–H groups in total. The molecule has 1 unspecified atom stereocenters. The Morgan fingerprint density at radius 3 is 2.40 bits per heavy atom. The third-order valence-corrected chi connectivity index (χ3v) is 6.98. The van der Waals surface area contributed by atoms with Gasteiger partial charge in [-0.1, -0.05) is 59.6 Å². The Balaban J connectivity index is 1.66. The number of pyridine rings is 1. The van der Waals surface area contributed by atoms with Crippen molar-refractivity contribution in [1.29, 1.82) is 0 Å². The van der Waals surface area contributed by atoms with Gasteiger partial charge in [0, 0.05) is 42.0 Å². The summed E-state index contributed by atoms with van der Waals surface area (Å²) < 4.78 is 6.52. The molecule has 0 spiro atoms. The van der Waals surface area contributed by atoms with E-state index >= 15 is 0 Å². The predicted molar refractivity (Wildman–Crippen MR) is 153 cm³/mol. The van der Waals surface area contributed by atoms with Crippen LogP contribution in [0.25, 0.3) is 22.4 Å². The number of aryl methyl sites for hydroxylation is 1. The van der Waals surface area contributed by atoms with Crippen LogP contribution in [0.3, 0.4) is 0 Å². The highest BCUT2D eigenvalue weighted by atomic mass is 35.5. The maximum atomic E-state index is 12.8. The quantitative estimate of drug-likeness (QED) is 0.260. The summed E-state index contributed by atoms with van der Waals surface area (Å²) in [6, 6.07) is 14.7. The molecule has 2 aromatic heterocycles. The first-order chi connectivity index (χ1) is 19.1. The van der Waals surface area contributed by atoms with Crippen molar-refractivity contribution < 1.29 is 19.4 Å². The highest BCUT2D eigenvalue weighted by Gasteiger charge is 2.19. The molecule has 1 atom stereocenters. The molecule has 4 rings (SSSR count). The lowest BCUT2D eigenvalue weighted by Crippen LogP contribution is -2.33. The Morgan fingerprint density at radius 1 is 1.02 bits per heavy atom. The highest BCUT2D eigenvalue weighted by molar-refractivity contribution is 6.39. The second kappa shape index (κ2) is 12.3. The van der Waals surface area contributed by atoms with Gasteiger partial charge in [-0.05, 0) is 25.1 Å².